The zero-order valence-electron chi connectivity index (χ0n) is 11.7. The van der Waals surface area contributed by atoms with Crippen molar-refractivity contribution in [2.75, 3.05) is 33.2 Å². The average molecular weight is 226 g/mol. The van der Waals surface area contributed by atoms with Crippen LogP contribution in [-0.2, 0) is 0 Å². The van der Waals surface area contributed by atoms with E-state index in [4.69, 9.17) is 0 Å². The molecule has 0 saturated heterocycles. The number of hydrogen-bond donors (Lipinski definition) is 1. The van der Waals surface area contributed by atoms with Crippen molar-refractivity contribution in [1.82, 2.24) is 10.2 Å². The molecule has 1 unspecified atom stereocenters. The molecule has 0 amide bonds. The number of rotatable bonds is 7. The van der Waals surface area contributed by atoms with Crippen molar-refractivity contribution in [3.8, 4) is 0 Å². The molecule has 1 aliphatic carbocycles. The van der Waals surface area contributed by atoms with Crippen molar-refractivity contribution < 1.29 is 0 Å². The van der Waals surface area contributed by atoms with Gasteiger partial charge in [-0.2, -0.15) is 0 Å². The number of likely N-dealkylation sites (N-methyl/N-ethyl adjacent to an activating group) is 1. The van der Waals surface area contributed by atoms with Crippen LogP contribution in [0.5, 0.6) is 0 Å². The van der Waals surface area contributed by atoms with Gasteiger partial charge in [-0.1, -0.05) is 27.2 Å². The van der Waals surface area contributed by atoms with Crippen molar-refractivity contribution in [3.05, 3.63) is 0 Å². The third-order valence-electron chi connectivity index (χ3n) is 4.11. The first kappa shape index (κ1) is 14.0. The molecule has 0 aromatic rings. The van der Waals surface area contributed by atoms with Gasteiger partial charge in [-0.25, -0.2) is 0 Å². The minimum atomic E-state index is 0.575. The van der Waals surface area contributed by atoms with Crippen LogP contribution in [0.3, 0.4) is 0 Å². The molecule has 0 aliphatic heterocycles. The predicted octanol–water partition coefficient (Wildman–Crippen LogP) is 2.74. The van der Waals surface area contributed by atoms with E-state index in [9.17, 15) is 0 Å². The van der Waals surface area contributed by atoms with Gasteiger partial charge < -0.3 is 10.2 Å². The fourth-order valence-corrected chi connectivity index (χ4v) is 2.78. The Morgan fingerprint density at radius 1 is 1.31 bits per heavy atom. The van der Waals surface area contributed by atoms with E-state index in [-0.39, 0.29) is 0 Å². The molecule has 1 saturated carbocycles. The average Bonchev–Trinajstić information content (AvgIpc) is 2.53. The maximum Gasteiger partial charge on any atom is 0.0104 e. The lowest BCUT2D eigenvalue weighted by Gasteiger charge is -2.31. The molecule has 1 fully saturated rings. The maximum absolute atomic E-state index is 3.47. The van der Waals surface area contributed by atoms with E-state index in [1.165, 1.54) is 38.8 Å². The van der Waals surface area contributed by atoms with Crippen molar-refractivity contribution in [3.63, 3.8) is 0 Å². The highest BCUT2D eigenvalue weighted by atomic mass is 15.1. The quantitative estimate of drug-likeness (QED) is 0.672. The summed E-state index contributed by atoms with van der Waals surface area (Å²) >= 11 is 0. The molecule has 0 radical (unpaired) electrons. The molecule has 1 atom stereocenters. The second-order valence-corrected chi connectivity index (χ2v) is 6.09. The molecule has 0 spiro atoms. The van der Waals surface area contributed by atoms with E-state index < -0.39 is 0 Å². The van der Waals surface area contributed by atoms with Gasteiger partial charge in [0.1, 0.15) is 0 Å². The summed E-state index contributed by atoms with van der Waals surface area (Å²) < 4.78 is 0. The summed E-state index contributed by atoms with van der Waals surface area (Å²) in [5.74, 6) is 0.906. The van der Waals surface area contributed by atoms with Crippen molar-refractivity contribution in [2.24, 2.45) is 11.3 Å². The maximum atomic E-state index is 3.47. The SMILES string of the molecule is CCCNCCN(C)CC1CCCC1(C)C. The molecule has 0 bridgehead atoms. The first-order chi connectivity index (χ1) is 7.56. The molecule has 1 rings (SSSR count). The highest BCUT2D eigenvalue weighted by molar-refractivity contribution is 4.86. The minimum Gasteiger partial charge on any atom is -0.315 e. The highest BCUT2D eigenvalue weighted by Crippen LogP contribution is 2.42. The van der Waals surface area contributed by atoms with Crippen LogP contribution in [0.25, 0.3) is 0 Å². The van der Waals surface area contributed by atoms with Gasteiger partial charge in [0.15, 0.2) is 0 Å². The summed E-state index contributed by atoms with van der Waals surface area (Å²) in [4.78, 5) is 2.50. The molecule has 1 aliphatic rings. The molecule has 1 N–H and O–H groups in total. The molecule has 2 heteroatoms. The lowest BCUT2D eigenvalue weighted by Crippen LogP contribution is -2.35. The molecule has 16 heavy (non-hydrogen) atoms. The zero-order chi connectivity index (χ0) is 12.0. The van der Waals surface area contributed by atoms with Crippen LogP contribution in [0.1, 0.15) is 46.5 Å². The molecular formula is C14H30N2. The Labute approximate surface area is 102 Å². The molecule has 0 aromatic carbocycles. The van der Waals surface area contributed by atoms with Gasteiger partial charge in [0.05, 0.1) is 0 Å². The van der Waals surface area contributed by atoms with Crippen LogP contribution < -0.4 is 5.32 Å². The minimum absolute atomic E-state index is 0.575. The molecule has 96 valence electrons. The molecule has 0 heterocycles. The summed E-state index contributed by atoms with van der Waals surface area (Å²) in [5, 5.41) is 3.47. The number of nitrogens with zero attached hydrogens (tertiary/aromatic N) is 1. The van der Waals surface area contributed by atoms with Crippen LogP contribution in [0.2, 0.25) is 0 Å². The second-order valence-electron chi connectivity index (χ2n) is 6.09. The van der Waals surface area contributed by atoms with Gasteiger partial charge in [-0.05, 0) is 44.2 Å². The van der Waals surface area contributed by atoms with E-state index in [0.717, 1.165) is 19.0 Å². The lowest BCUT2D eigenvalue weighted by atomic mass is 9.81. The third kappa shape index (κ3) is 4.42. The Bertz CT molecular complexity index is 189. The molecule has 0 aromatic heterocycles. The van der Waals surface area contributed by atoms with Gasteiger partial charge in [0.2, 0.25) is 0 Å². The van der Waals surface area contributed by atoms with Gasteiger partial charge in [0.25, 0.3) is 0 Å². The van der Waals surface area contributed by atoms with Crippen molar-refractivity contribution >= 4 is 0 Å². The van der Waals surface area contributed by atoms with E-state index in [2.05, 4.69) is 38.0 Å². The van der Waals surface area contributed by atoms with Crippen LogP contribution in [0.15, 0.2) is 0 Å². The van der Waals surface area contributed by atoms with E-state index in [0.29, 0.717) is 5.41 Å². The third-order valence-corrected chi connectivity index (χ3v) is 4.11. The summed E-state index contributed by atoms with van der Waals surface area (Å²) in [6.45, 7) is 11.9. The number of hydrogen-bond acceptors (Lipinski definition) is 2. The first-order valence-electron chi connectivity index (χ1n) is 6.95. The summed E-state index contributed by atoms with van der Waals surface area (Å²) in [6, 6.07) is 0. The smallest absolute Gasteiger partial charge is 0.0104 e. The Morgan fingerprint density at radius 2 is 2.06 bits per heavy atom. The second kappa shape index (κ2) is 6.61. The first-order valence-corrected chi connectivity index (χ1v) is 6.95. The largest absolute Gasteiger partial charge is 0.315 e. The lowest BCUT2D eigenvalue weighted by molar-refractivity contribution is 0.183. The standard InChI is InChI=1S/C14H30N2/c1-5-9-15-10-11-16(4)12-13-7-6-8-14(13,2)3/h13,15H,5-12H2,1-4H3. The topological polar surface area (TPSA) is 15.3 Å². The van der Waals surface area contributed by atoms with Gasteiger partial charge in [-0.3, -0.25) is 0 Å². The monoisotopic (exact) mass is 226 g/mol. The van der Waals surface area contributed by atoms with Crippen molar-refractivity contribution in [2.45, 2.75) is 46.5 Å². The Kier molecular flexibility index (Phi) is 5.77. The summed E-state index contributed by atoms with van der Waals surface area (Å²) in [6.07, 6.45) is 5.51. The Morgan fingerprint density at radius 3 is 2.62 bits per heavy atom. The van der Waals surface area contributed by atoms with Gasteiger partial charge in [0, 0.05) is 19.6 Å². The van der Waals surface area contributed by atoms with Crippen LogP contribution in [-0.4, -0.2) is 38.1 Å². The predicted molar refractivity (Wildman–Crippen MR) is 71.8 cm³/mol. The Balaban J connectivity index is 2.16. The van der Waals surface area contributed by atoms with Crippen LogP contribution in [0.4, 0.5) is 0 Å². The van der Waals surface area contributed by atoms with Crippen molar-refractivity contribution in [1.29, 1.82) is 0 Å². The van der Waals surface area contributed by atoms with E-state index in [1.54, 1.807) is 0 Å². The van der Waals surface area contributed by atoms with Crippen LogP contribution >= 0.6 is 0 Å². The fourth-order valence-electron chi connectivity index (χ4n) is 2.78. The van der Waals surface area contributed by atoms with E-state index in [1.807, 2.05) is 0 Å². The molecular weight excluding hydrogens is 196 g/mol. The Hall–Kier alpha value is -0.0800. The summed E-state index contributed by atoms with van der Waals surface area (Å²) in [7, 11) is 2.27. The fraction of sp³-hybridized carbons (Fsp3) is 1.00. The molecule has 2 nitrogen and oxygen atoms in total. The summed E-state index contributed by atoms with van der Waals surface area (Å²) in [5.41, 5.74) is 0.575. The van der Waals surface area contributed by atoms with Crippen LogP contribution in [0, 0.1) is 11.3 Å². The number of nitrogens with one attached hydrogen (secondary N) is 1. The normalized spacial score (nSPS) is 24.2. The highest BCUT2D eigenvalue weighted by Gasteiger charge is 2.34. The van der Waals surface area contributed by atoms with Gasteiger partial charge >= 0.3 is 0 Å². The van der Waals surface area contributed by atoms with E-state index >= 15 is 0 Å². The zero-order valence-corrected chi connectivity index (χ0v) is 11.7. The van der Waals surface area contributed by atoms with Gasteiger partial charge in [-0.15, -0.1) is 0 Å².